The van der Waals surface area contributed by atoms with Crippen LogP contribution in [0.15, 0.2) is 48.6 Å². The molecule has 12 heteroatoms. The van der Waals surface area contributed by atoms with Gasteiger partial charge in [0, 0.05) is 37.4 Å². The summed E-state index contributed by atoms with van der Waals surface area (Å²) in [5.74, 6) is -4.09. The molecule has 0 aliphatic carbocycles. The Kier molecular flexibility index (Phi) is 12.9. The van der Waals surface area contributed by atoms with Crippen LogP contribution in [0.4, 0.5) is 0 Å². The summed E-state index contributed by atoms with van der Waals surface area (Å²) in [5, 5.41) is 44.0. The van der Waals surface area contributed by atoms with Crippen LogP contribution in [0.5, 0.6) is 0 Å². The summed E-state index contributed by atoms with van der Waals surface area (Å²) in [4.78, 5) is 23.6. The summed E-state index contributed by atoms with van der Waals surface area (Å²) in [6, 6.07) is 0. The molecule has 3 fully saturated rings. The number of unbranched alkanes of at least 4 members (excludes halogenated alkanes) is 1. The van der Waals surface area contributed by atoms with Crippen LogP contribution in [-0.4, -0.2) is 101 Å². The van der Waals surface area contributed by atoms with Crippen molar-refractivity contribution in [3.8, 4) is 0 Å². The number of aliphatic hydroxyl groups is 3. The second kappa shape index (κ2) is 15.7. The number of methoxy groups -OCH3 is 1. The van der Waals surface area contributed by atoms with Gasteiger partial charge in [-0.15, -0.1) is 0 Å². The quantitative estimate of drug-likeness (QED) is 0.0882. The molecule has 0 aromatic rings. The van der Waals surface area contributed by atoms with Gasteiger partial charge < -0.3 is 49.4 Å². The van der Waals surface area contributed by atoms with Gasteiger partial charge in [-0.3, -0.25) is 4.79 Å². The largest absolute Gasteiger partial charge is 0.478 e. The number of hydrogen-bond acceptors (Lipinski definition) is 10. The SMILES string of the molecule is C=C1CC(O)(C(O)C(=O)NC2OCOC3C2OC(CC(O)CCCC=CC=CC=CC(=O)O)C(C)(C)C3OC)OC(C)C1C. The molecular weight excluding hydrogens is 574 g/mol. The molecule has 1 amide bonds. The number of rotatable bonds is 13. The fraction of sp³-hybridized carbons (Fsp3) is 0.688. The Morgan fingerprint density at radius 1 is 1.14 bits per heavy atom. The molecule has 0 bridgehead atoms. The van der Waals surface area contributed by atoms with Crippen molar-refractivity contribution in [2.24, 2.45) is 11.3 Å². The molecule has 3 heterocycles. The van der Waals surface area contributed by atoms with Crippen molar-refractivity contribution >= 4 is 11.9 Å². The van der Waals surface area contributed by atoms with E-state index in [2.05, 4.69) is 11.9 Å². The molecule has 0 spiro atoms. The van der Waals surface area contributed by atoms with Crippen molar-refractivity contribution in [1.29, 1.82) is 0 Å². The maximum absolute atomic E-state index is 13.2. The van der Waals surface area contributed by atoms with Crippen molar-refractivity contribution in [2.45, 2.75) is 115 Å². The smallest absolute Gasteiger partial charge is 0.328 e. The van der Waals surface area contributed by atoms with Crippen molar-refractivity contribution in [3.63, 3.8) is 0 Å². The Hall–Kier alpha value is -2.42. The molecule has 10 unspecified atom stereocenters. The first kappa shape index (κ1) is 36.1. The van der Waals surface area contributed by atoms with Crippen molar-refractivity contribution in [1.82, 2.24) is 5.32 Å². The minimum Gasteiger partial charge on any atom is -0.478 e. The molecule has 12 nitrogen and oxygen atoms in total. The zero-order chi connectivity index (χ0) is 32.7. The van der Waals surface area contributed by atoms with Gasteiger partial charge in [-0.05, 0) is 26.2 Å². The van der Waals surface area contributed by atoms with E-state index in [1.54, 1.807) is 26.2 Å². The van der Waals surface area contributed by atoms with Crippen LogP contribution in [0.3, 0.4) is 0 Å². The molecule has 0 saturated carbocycles. The third kappa shape index (κ3) is 8.85. The summed E-state index contributed by atoms with van der Waals surface area (Å²) in [5.41, 5.74) is 0.0929. The van der Waals surface area contributed by atoms with Gasteiger partial charge in [0.25, 0.3) is 5.91 Å². The van der Waals surface area contributed by atoms with Crippen LogP contribution in [-0.2, 0) is 33.3 Å². The molecule has 3 aliphatic heterocycles. The Labute approximate surface area is 259 Å². The lowest BCUT2D eigenvalue weighted by Gasteiger charge is -2.54. The molecule has 5 N–H and O–H groups in total. The van der Waals surface area contributed by atoms with Crippen LogP contribution in [0, 0.1) is 11.3 Å². The second-order valence-electron chi connectivity index (χ2n) is 12.4. The van der Waals surface area contributed by atoms with E-state index >= 15 is 0 Å². The number of carbonyl (C=O) groups is 2. The van der Waals surface area contributed by atoms with E-state index in [1.807, 2.05) is 32.9 Å². The molecule has 0 aromatic heterocycles. The molecular formula is C32H49NO11. The zero-order valence-electron chi connectivity index (χ0n) is 26.3. The zero-order valence-corrected chi connectivity index (χ0v) is 26.3. The summed E-state index contributed by atoms with van der Waals surface area (Å²) < 4.78 is 29.6. The average molecular weight is 624 g/mol. The number of hydrogen-bond donors (Lipinski definition) is 5. The molecule has 3 aliphatic rings. The third-order valence-electron chi connectivity index (χ3n) is 8.85. The number of fused-ring (bicyclic) bond motifs is 1. The lowest BCUT2D eigenvalue weighted by molar-refractivity contribution is -0.332. The van der Waals surface area contributed by atoms with Crippen LogP contribution < -0.4 is 5.32 Å². The van der Waals surface area contributed by atoms with Crippen molar-refractivity contribution < 1.29 is 53.7 Å². The summed E-state index contributed by atoms with van der Waals surface area (Å²) in [7, 11) is 1.57. The molecule has 3 rings (SSSR count). The van der Waals surface area contributed by atoms with Crippen LogP contribution >= 0.6 is 0 Å². The molecule has 0 radical (unpaired) electrons. The van der Waals surface area contributed by atoms with Gasteiger partial charge >= 0.3 is 5.97 Å². The highest BCUT2D eigenvalue weighted by Gasteiger charge is 2.57. The summed E-state index contributed by atoms with van der Waals surface area (Å²) >= 11 is 0. The van der Waals surface area contributed by atoms with Crippen molar-refractivity contribution in [2.75, 3.05) is 13.9 Å². The van der Waals surface area contributed by atoms with E-state index in [0.717, 1.165) is 18.9 Å². The Morgan fingerprint density at radius 2 is 1.84 bits per heavy atom. The highest BCUT2D eigenvalue weighted by molar-refractivity contribution is 5.82. The van der Waals surface area contributed by atoms with Gasteiger partial charge in [-0.2, -0.15) is 0 Å². The Balaban J connectivity index is 1.62. The number of amides is 1. The molecule has 3 saturated heterocycles. The standard InChI is InChI=1S/C32H49NO11/c1-19-17-32(39,44-21(3)20(19)2)27(37)29(38)33-30-26-25(41-18-42-30)28(40-6)31(4,5)23(43-26)16-22(34)14-12-10-8-7-9-11-13-15-24(35)36/h7-9,11,13,15,20-23,25-28,30,34,37,39H,1,10,12,14,16-18H2,2-6H3,(H,33,38)(H,35,36). The van der Waals surface area contributed by atoms with E-state index in [-0.39, 0.29) is 19.1 Å². The summed E-state index contributed by atoms with van der Waals surface area (Å²) in [6.45, 7) is 11.4. The lowest BCUT2D eigenvalue weighted by Crippen LogP contribution is -2.69. The van der Waals surface area contributed by atoms with E-state index in [1.165, 1.54) is 6.08 Å². The number of aliphatic hydroxyl groups excluding tert-OH is 2. The third-order valence-corrected chi connectivity index (χ3v) is 8.85. The Morgan fingerprint density at radius 3 is 2.50 bits per heavy atom. The highest BCUT2D eigenvalue weighted by Crippen LogP contribution is 2.44. The molecule has 248 valence electrons. The van der Waals surface area contributed by atoms with Gasteiger partial charge in [0.1, 0.15) is 19.0 Å². The van der Waals surface area contributed by atoms with Gasteiger partial charge in [0.2, 0.25) is 5.79 Å². The summed E-state index contributed by atoms with van der Waals surface area (Å²) in [6.07, 6.45) is 5.32. The first-order valence-electron chi connectivity index (χ1n) is 15.1. The minimum atomic E-state index is -2.14. The van der Waals surface area contributed by atoms with Crippen LogP contribution in [0.1, 0.15) is 59.8 Å². The number of allylic oxidation sites excluding steroid dienone is 5. The average Bonchev–Trinajstić information content (AvgIpc) is 2.95. The van der Waals surface area contributed by atoms with E-state index in [0.29, 0.717) is 18.4 Å². The van der Waals surface area contributed by atoms with E-state index in [4.69, 9.17) is 28.8 Å². The first-order chi connectivity index (χ1) is 20.7. The topological polar surface area (TPSA) is 173 Å². The fourth-order valence-electron chi connectivity index (χ4n) is 6.00. The predicted octanol–water partition coefficient (Wildman–Crippen LogP) is 2.34. The van der Waals surface area contributed by atoms with Crippen molar-refractivity contribution in [3.05, 3.63) is 48.6 Å². The molecule has 0 aromatic carbocycles. The second-order valence-corrected chi connectivity index (χ2v) is 12.4. The number of carbonyl (C=O) groups excluding carboxylic acids is 1. The Bertz CT molecular complexity index is 1090. The first-order valence-corrected chi connectivity index (χ1v) is 15.1. The molecule has 10 atom stereocenters. The van der Waals surface area contributed by atoms with Gasteiger partial charge in [0.15, 0.2) is 12.3 Å². The predicted molar refractivity (Wildman–Crippen MR) is 160 cm³/mol. The maximum atomic E-state index is 13.2. The molecule has 44 heavy (non-hydrogen) atoms. The highest BCUT2D eigenvalue weighted by atomic mass is 16.7. The van der Waals surface area contributed by atoms with Gasteiger partial charge in [-0.1, -0.05) is 63.3 Å². The number of nitrogens with one attached hydrogen (secondary N) is 1. The minimum absolute atomic E-state index is 0.0458. The van der Waals surface area contributed by atoms with E-state index in [9.17, 15) is 24.9 Å². The number of ether oxygens (including phenoxy) is 5. The fourth-order valence-corrected chi connectivity index (χ4v) is 6.00. The van der Waals surface area contributed by atoms with Crippen LogP contribution in [0.2, 0.25) is 0 Å². The monoisotopic (exact) mass is 623 g/mol. The number of aliphatic carboxylic acids is 1. The number of carboxylic acid groups (broad SMARTS) is 1. The van der Waals surface area contributed by atoms with Gasteiger partial charge in [-0.25, -0.2) is 4.79 Å². The lowest BCUT2D eigenvalue weighted by atomic mass is 9.72. The number of carboxylic acids is 1. The van der Waals surface area contributed by atoms with Crippen LogP contribution in [0.25, 0.3) is 0 Å². The maximum Gasteiger partial charge on any atom is 0.328 e. The normalized spacial score (nSPS) is 35.5. The van der Waals surface area contributed by atoms with E-state index < -0.39 is 72.0 Å². The van der Waals surface area contributed by atoms with Gasteiger partial charge in [0.05, 0.1) is 24.4 Å².